The van der Waals surface area contributed by atoms with Gasteiger partial charge in [-0.05, 0) is 30.2 Å². The van der Waals surface area contributed by atoms with Crippen LogP contribution in [0.3, 0.4) is 0 Å². The number of aromatic nitrogens is 1. The number of pyridine rings is 1. The number of fused-ring (bicyclic) bond motifs is 1. The number of carbonyl (C=O) groups is 1. The topological polar surface area (TPSA) is 62.2 Å². The van der Waals surface area contributed by atoms with Crippen molar-refractivity contribution in [3.8, 4) is 0 Å². The van der Waals surface area contributed by atoms with Crippen LogP contribution in [-0.4, -0.2) is 16.0 Å². The summed E-state index contributed by atoms with van der Waals surface area (Å²) >= 11 is 0. The highest BCUT2D eigenvalue weighted by molar-refractivity contribution is 5.83. The number of benzene rings is 2. The molecule has 1 aromatic heterocycles. The number of rotatable bonds is 5. The summed E-state index contributed by atoms with van der Waals surface area (Å²) in [6.07, 6.45) is 1.75. The van der Waals surface area contributed by atoms with Gasteiger partial charge in [0, 0.05) is 18.1 Å². The van der Waals surface area contributed by atoms with E-state index < -0.39 is 5.60 Å². The Labute approximate surface area is 141 Å². The smallest absolute Gasteiger partial charge is 0.223 e. The Bertz CT molecular complexity index is 839. The number of aliphatic hydroxyl groups is 1. The highest BCUT2D eigenvalue weighted by Crippen LogP contribution is 2.24. The van der Waals surface area contributed by atoms with Gasteiger partial charge in [-0.25, -0.2) is 0 Å². The molecular formula is C20H20N2O2. The van der Waals surface area contributed by atoms with Crippen molar-refractivity contribution < 1.29 is 9.90 Å². The Hall–Kier alpha value is -2.72. The van der Waals surface area contributed by atoms with Crippen LogP contribution in [0.15, 0.2) is 66.9 Å². The Morgan fingerprint density at radius 1 is 1.08 bits per heavy atom. The lowest BCUT2D eigenvalue weighted by Crippen LogP contribution is -2.32. The molecule has 1 atom stereocenters. The Morgan fingerprint density at radius 2 is 1.79 bits per heavy atom. The highest BCUT2D eigenvalue weighted by Gasteiger charge is 2.26. The summed E-state index contributed by atoms with van der Waals surface area (Å²) in [6, 6.07) is 19.0. The maximum Gasteiger partial charge on any atom is 0.223 e. The van der Waals surface area contributed by atoms with Crippen LogP contribution in [0.1, 0.15) is 24.5 Å². The minimum atomic E-state index is -1.19. The quantitative estimate of drug-likeness (QED) is 0.759. The van der Waals surface area contributed by atoms with Crippen LogP contribution in [0.25, 0.3) is 10.9 Å². The summed E-state index contributed by atoms with van der Waals surface area (Å²) in [6.45, 7) is 2.07. The van der Waals surface area contributed by atoms with E-state index in [-0.39, 0.29) is 12.3 Å². The number of nitrogens with one attached hydrogen (secondary N) is 1. The summed E-state index contributed by atoms with van der Waals surface area (Å²) in [5, 5.41) is 14.5. The van der Waals surface area contributed by atoms with Gasteiger partial charge in [0.1, 0.15) is 0 Å². The van der Waals surface area contributed by atoms with Crippen molar-refractivity contribution in [1.29, 1.82) is 0 Å². The molecule has 0 spiro atoms. The normalized spacial score (nSPS) is 13.4. The third-order valence-electron chi connectivity index (χ3n) is 4.12. The van der Waals surface area contributed by atoms with Gasteiger partial charge in [-0.2, -0.15) is 0 Å². The van der Waals surface area contributed by atoms with Crippen molar-refractivity contribution >= 4 is 16.8 Å². The van der Waals surface area contributed by atoms with Crippen LogP contribution in [0.4, 0.5) is 0 Å². The van der Waals surface area contributed by atoms with E-state index in [1.807, 2.05) is 60.7 Å². The van der Waals surface area contributed by atoms with Crippen LogP contribution in [0.5, 0.6) is 0 Å². The second-order valence-electron chi connectivity index (χ2n) is 6.08. The molecule has 4 nitrogen and oxygen atoms in total. The first kappa shape index (κ1) is 16.1. The zero-order valence-corrected chi connectivity index (χ0v) is 13.6. The lowest BCUT2D eigenvalue weighted by atomic mass is 9.92. The van der Waals surface area contributed by atoms with Crippen LogP contribution < -0.4 is 5.32 Å². The van der Waals surface area contributed by atoms with Crippen LogP contribution >= 0.6 is 0 Å². The van der Waals surface area contributed by atoms with Crippen molar-refractivity contribution in [3.05, 3.63) is 78.0 Å². The molecule has 0 saturated carbocycles. The SMILES string of the molecule is CC(O)(CC(=O)NCc1ccnc2ccccc12)c1ccccc1. The van der Waals surface area contributed by atoms with Crippen LogP contribution in [-0.2, 0) is 16.9 Å². The molecule has 2 N–H and O–H groups in total. The van der Waals surface area contributed by atoms with Gasteiger partial charge >= 0.3 is 0 Å². The second-order valence-corrected chi connectivity index (χ2v) is 6.08. The summed E-state index contributed by atoms with van der Waals surface area (Å²) in [7, 11) is 0. The summed E-state index contributed by atoms with van der Waals surface area (Å²) in [4.78, 5) is 16.6. The van der Waals surface area contributed by atoms with Gasteiger partial charge in [0.15, 0.2) is 0 Å². The molecule has 0 aliphatic rings. The first-order chi connectivity index (χ1) is 11.6. The summed E-state index contributed by atoms with van der Waals surface area (Å²) in [5.41, 5.74) is 1.45. The summed E-state index contributed by atoms with van der Waals surface area (Å²) < 4.78 is 0. The molecule has 3 aromatic rings. The maximum absolute atomic E-state index is 12.3. The summed E-state index contributed by atoms with van der Waals surface area (Å²) in [5.74, 6) is -0.190. The number of carbonyl (C=O) groups excluding carboxylic acids is 1. The minimum absolute atomic E-state index is 0.0139. The minimum Gasteiger partial charge on any atom is -0.385 e. The van der Waals surface area contributed by atoms with E-state index >= 15 is 0 Å². The Morgan fingerprint density at radius 3 is 2.58 bits per heavy atom. The Balaban J connectivity index is 1.67. The number of para-hydroxylation sites is 1. The lowest BCUT2D eigenvalue weighted by molar-refractivity contribution is -0.126. The van der Waals surface area contributed by atoms with Crippen LogP contribution in [0.2, 0.25) is 0 Å². The van der Waals surface area contributed by atoms with E-state index in [1.54, 1.807) is 13.1 Å². The van der Waals surface area contributed by atoms with Crippen molar-refractivity contribution in [3.63, 3.8) is 0 Å². The first-order valence-electron chi connectivity index (χ1n) is 7.93. The molecule has 0 aliphatic heterocycles. The number of hydrogen-bond donors (Lipinski definition) is 2. The van der Waals surface area contributed by atoms with Crippen molar-refractivity contribution in [2.24, 2.45) is 0 Å². The fourth-order valence-electron chi connectivity index (χ4n) is 2.78. The van der Waals surface area contributed by atoms with Crippen molar-refractivity contribution in [2.75, 3.05) is 0 Å². The van der Waals surface area contributed by atoms with E-state index in [9.17, 15) is 9.90 Å². The number of hydrogen-bond acceptors (Lipinski definition) is 3. The molecule has 24 heavy (non-hydrogen) atoms. The van der Waals surface area contributed by atoms with E-state index in [0.29, 0.717) is 6.54 Å². The Kier molecular flexibility index (Phi) is 4.58. The van der Waals surface area contributed by atoms with Gasteiger partial charge in [-0.1, -0.05) is 48.5 Å². The van der Waals surface area contributed by atoms with E-state index in [4.69, 9.17) is 0 Å². The molecule has 0 bridgehead atoms. The second kappa shape index (κ2) is 6.81. The molecule has 2 aromatic carbocycles. The largest absolute Gasteiger partial charge is 0.385 e. The molecular weight excluding hydrogens is 300 g/mol. The maximum atomic E-state index is 12.3. The van der Waals surface area contributed by atoms with Gasteiger partial charge in [0.05, 0.1) is 17.5 Å². The molecule has 1 amide bonds. The fraction of sp³-hybridized carbons (Fsp3) is 0.200. The van der Waals surface area contributed by atoms with Gasteiger partial charge in [0.25, 0.3) is 0 Å². The molecule has 122 valence electrons. The molecule has 0 aliphatic carbocycles. The first-order valence-corrected chi connectivity index (χ1v) is 7.93. The standard InChI is InChI=1S/C20H20N2O2/c1-20(24,16-7-3-2-4-8-16)13-19(23)22-14-15-11-12-21-18-10-6-5-9-17(15)18/h2-12,24H,13-14H2,1H3,(H,22,23). The highest BCUT2D eigenvalue weighted by atomic mass is 16.3. The monoisotopic (exact) mass is 320 g/mol. The zero-order chi connectivity index (χ0) is 17.0. The molecule has 1 heterocycles. The van der Waals surface area contributed by atoms with E-state index in [0.717, 1.165) is 22.0 Å². The zero-order valence-electron chi connectivity index (χ0n) is 13.6. The molecule has 1 unspecified atom stereocenters. The number of nitrogens with zero attached hydrogens (tertiary/aromatic N) is 1. The fourth-order valence-corrected chi connectivity index (χ4v) is 2.78. The molecule has 0 saturated heterocycles. The average molecular weight is 320 g/mol. The van der Waals surface area contributed by atoms with Gasteiger partial charge < -0.3 is 10.4 Å². The predicted octanol–water partition coefficient (Wildman–Crippen LogP) is 3.15. The van der Waals surface area contributed by atoms with Gasteiger partial charge in [0.2, 0.25) is 5.91 Å². The molecule has 0 fully saturated rings. The van der Waals surface area contributed by atoms with Crippen molar-refractivity contribution in [2.45, 2.75) is 25.5 Å². The number of amides is 1. The third-order valence-corrected chi connectivity index (χ3v) is 4.12. The third kappa shape index (κ3) is 3.60. The van der Waals surface area contributed by atoms with E-state index in [2.05, 4.69) is 10.3 Å². The van der Waals surface area contributed by atoms with Gasteiger partial charge in [-0.3, -0.25) is 9.78 Å². The molecule has 3 rings (SSSR count). The molecule has 4 heteroatoms. The molecule has 0 radical (unpaired) electrons. The lowest BCUT2D eigenvalue weighted by Gasteiger charge is -2.23. The van der Waals surface area contributed by atoms with Crippen LogP contribution in [0, 0.1) is 0 Å². The van der Waals surface area contributed by atoms with Crippen molar-refractivity contribution in [1.82, 2.24) is 10.3 Å². The predicted molar refractivity (Wildman–Crippen MR) is 94.2 cm³/mol. The van der Waals surface area contributed by atoms with Gasteiger partial charge in [-0.15, -0.1) is 0 Å². The average Bonchev–Trinajstić information content (AvgIpc) is 2.60. The van der Waals surface area contributed by atoms with E-state index in [1.165, 1.54) is 0 Å².